The van der Waals surface area contributed by atoms with Crippen molar-refractivity contribution in [2.75, 3.05) is 165 Å². The van der Waals surface area contributed by atoms with Gasteiger partial charge in [0.15, 0.2) is 0 Å². The molecule has 0 saturated carbocycles. The summed E-state index contributed by atoms with van der Waals surface area (Å²) in [6.07, 6.45) is 6.77. The number of hydrogen-bond acceptors (Lipinski definition) is 24. The van der Waals surface area contributed by atoms with Crippen LogP contribution in [0, 0.1) is 11.8 Å². The summed E-state index contributed by atoms with van der Waals surface area (Å²) in [4.78, 5) is 111. The number of unbranched alkanes of at least 4 members (excludes halogenated alkanes) is 3. The summed E-state index contributed by atoms with van der Waals surface area (Å²) in [6.45, 7) is 20.5. The van der Waals surface area contributed by atoms with Crippen molar-refractivity contribution in [3.8, 4) is 0 Å². The monoisotopic (exact) mass is 1390 g/mol. The first kappa shape index (κ1) is 90.7. The Kier molecular flexibility index (Phi) is 54.9. The summed E-state index contributed by atoms with van der Waals surface area (Å²) in [7, 11) is 0. The standard InChI is InChI=1S/C64H121N13O20/c1-48(60(65)84)18-9-12-23-67-56(80)44-94-38-34-92-36-40-96-46-58(82)69-26-16-28-89-30-32-91-33-31-90-29-17-27-70-59(83)47-97-41-37-93-35-39-95-45-57(81)68-24-14-11-20-53(62(86)71-25-13-10-19-49(2)61(66)85)75-55(79)22-15-21-54(78)74-52(42-72-63(5,6)50(3)76-87)43-73-64(7,8)51(4)77-88/h48-49,52-53,72-73,87-88H,9-47H2,1-8H3,(H2,65,84)(H2,66,85)(H,67,80)(H,68,81)(H,69,82)(H,70,83)(H,71,86)(H,74,78)(H,75,79)/b76-50+,77-51+/t48-,49-,53-/m0/s1. The van der Waals surface area contributed by atoms with Crippen LogP contribution in [-0.4, -0.2) is 263 Å². The molecule has 562 valence electrons. The van der Waals surface area contributed by atoms with Gasteiger partial charge in [-0.15, -0.1) is 0 Å². The fraction of sp³-hybridized carbons (Fsp3) is 0.828. The molecule has 33 heteroatoms. The fourth-order valence-electron chi connectivity index (χ4n) is 8.27. The van der Waals surface area contributed by atoms with E-state index < -0.39 is 29.1 Å². The molecule has 33 nitrogen and oxygen atoms in total. The molecule has 0 aromatic carbocycles. The molecule has 0 unspecified atom stereocenters. The molecule has 0 aromatic heterocycles. The Bertz CT molecular complexity index is 2220. The van der Waals surface area contributed by atoms with Crippen LogP contribution in [0.25, 0.3) is 0 Å². The molecule has 0 aliphatic rings. The molecule has 0 aliphatic heterocycles. The zero-order valence-corrected chi connectivity index (χ0v) is 59.2. The van der Waals surface area contributed by atoms with Crippen LogP contribution < -0.4 is 59.3 Å². The van der Waals surface area contributed by atoms with Gasteiger partial charge in [-0.2, -0.15) is 0 Å². The van der Waals surface area contributed by atoms with Crippen molar-refractivity contribution < 1.29 is 96.2 Å². The highest BCUT2D eigenvalue weighted by Crippen LogP contribution is 2.11. The SMILES string of the molecule is C/C(=N\O)C(C)(C)NCC(CNC(C)(C)/C(C)=N/O)NC(=O)CCCC(=O)N[C@@H](CCCCNC(=O)COCCOCCOCC(=O)NCCCOCCOCCOCCCNC(=O)COCCOCCOCC(=O)NCCCC[C@H](C)C(N)=O)C(=O)NCCCC[C@H](C)C(N)=O. The molecule has 15 N–H and O–H groups in total. The minimum Gasteiger partial charge on any atom is -0.411 e. The van der Waals surface area contributed by atoms with Crippen molar-refractivity contribution in [2.45, 2.75) is 168 Å². The van der Waals surface area contributed by atoms with E-state index in [2.05, 4.69) is 58.2 Å². The lowest BCUT2D eigenvalue weighted by molar-refractivity contribution is -0.129. The number of amides is 9. The summed E-state index contributed by atoms with van der Waals surface area (Å²) in [6, 6.07) is -1.32. The zero-order chi connectivity index (χ0) is 72.4. The Balaban J connectivity index is 4.18. The molecular weight excluding hydrogens is 1270 g/mol. The quantitative estimate of drug-likeness (QED) is 0.0163. The van der Waals surface area contributed by atoms with Crippen LogP contribution >= 0.6 is 0 Å². The predicted octanol–water partition coefficient (Wildman–Crippen LogP) is -0.173. The number of rotatable bonds is 66. The van der Waals surface area contributed by atoms with Gasteiger partial charge in [-0.1, -0.05) is 37.0 Å². The lowest BCUT2D eigenvalue weighted by atomic mass is 9.98. The van der Waals surface area contributed by atoms with Crippen molar-refractivity contribution in [3.63, 3.8) is 0 Å². The maximum absolute atomic E-state index is 13.3. The third-order valence-corrected chi connectivity index (χ3v) is 15.2. The molecule has 0 aromatic rings. The van der Waals surface area contributed by atoms with Gasteiger partial charge in [0.1, 0.15) is 32.5 Å². The molecule has 0 spiro atoms. The van der Waals surface area contributed by atoms with Gasteiger partial charge in [-0.05, 0) is 106 Å². The lowest BCUT2D eigenvalue weighted by Crippen LogP contribution is -2.57. The number of nitrogens with zero attached hydrogens (tertiary/aromatic N) is 2. The Hall–Kier alpha value is -6.27. The van der Waals surface area contributed by atoms with Gasteiger partial charge in [0.25, 0.3) is 0 Å². The molecule has 0 bridgehead atoms. The first-order valence-corrected chi connectivity index (χ1v) is 33.9. The van der Waals surface area contributed by atoms with E-state index in [1.165, 1.54) is 0 Å². The third kappa shape index (κ3) is 53.4. The molecule has 0 aliphatic carbocycles. The molecule has 3 atom stereocenters. The van der Waals surface area contributed by atoms with Gasteiger partial charge >= 0.3 is 0 Å². The van der Waals surface area contributed by atoms with Crippen LogP contribution in [0.15, 0.2) is 10.3 Å². The van der Waals surface area contributed by atoms with E-state index in [1.54, 1.807) is 27.7 Å². The Morgan fingerprint density at radius 1 is 0.381 bits per heavy atom. The molecule has 0 saturated heterocycles. The first-order valence-electron chi connectivity index (χ1n) is 33.9. The number of hydrogen-bond donors (Lipinski definition) is 13. The van der Waals surface area contributed by atoms with Crippen molar-refractivity contribution in [3.05, 3.63) is 0 Å². The summed E-state index contributed by atoms with van der Waals surface area (Å²) in [5.41, 5.74) is 10.1. The second-order valence-electron chi connectivity index (χ2n) is 24.4. The van der Waals surface area contributed by atoms with Crippen LogP contribution in [0.3, 0.4) is 0 Å². The number of nitrogens with two attached hydrogens (primary N) is 2. The van der Waals surface area contributed by atoms with E-state index in [-0.39, 0.29) is 177 Å². The highest BCUT2D eigenvalue weighted by Gasteiger charge is 2.28. The van der Waals surface area contributed by atoms with Gasteiger partial charge in [-0.25, -0.2) is 0 Å². The normalized spacial score (nSPS) is 13.2. The van der Waals surface area contributed by atoms with Crippen molar-refractivity contribution in [2.24, 2.45) is 33.6 Å². The molecule has 97 heavy (non-hydrogen) atoms. The van der Waals surface area contributed by atoms with Gasteiger partial charge in [0, 0.05) is 83.7 Å². The van der Waals surface area contributed by atoms with E-state index >= 15 is 0 Å². The van der Waals surface area contributed by atoms with E-state index in [0.717, 1.165) is 12.8 Å². The smallest absolute Gasteiger partial charge is 0.246 e. The summed E-state index contributed by atoms with van der Waals surface area (Å²) in [5, 5.41) is 51.6. The third-order valence-electron chi connectivity index (χ3n) is 15.2. The number of ether oxygens (including phenoxy) is 9. The van der Waals surface area contributed by atoms with Crippen LogP contribution in [0.5, 0.6) is 0 Å². The maximum atomic E-state index is 13.3. The highest BCUT2D eigenvalue weighted by atomic mass is 16.6. The number of nitrogens with one attached hydrogen (secondary N) is 9. The molecule has 0 fully saturated rings. The summed E-state index contributed by atoms with van der Waals surface area (Å²) >= 11 is 0. The molecular formula is C64H121N13O20. The zero-order valence-electron chi connectivity index (χ0n) is 59.2. The van der Waals surface area contributed by atoms with Gasteiger partial charge in [0.2, 0.25) is 53.2 Å². The van der Waals surface area contributed by atoms with Gasteiger partial charge < -0.3 is 112 Å². The van der Waals surface area contributed by atoms with Crippen molar-refractivity contribution >= 4 is 64.6 Å². The number of primary amides is 2. The molecule has 0 rings (SSSR count). The minimum absolute atomic E-state index is 0.0199. The maximum Gasteiger partial charge on any atom is 0.246 e. The highest BCUT2D eigenvalue weighted by molar-refractivity contribution is 5.91. The fourth-order valence-corrected chi connectivity index (χ4v) is 8.27. The first-order chi connectivity index (χ1) is 46.3. The van der Waals surface area contributed by atoms with Crippen LogP contribution in [0.2, 0.25) is 0 Å². The number of carbonyl (C=O) groups is 9. The van der Waals surface area contributed by atoms with Crippen LogP contribution in [0.1, 0.15) is 145 Å². The number of carbonyl (C=O) groups excluding carboxylic acids is 9. The van der Waals surface area contributed by atoms with Gasteiger partial charge in [0.05, 0.1) is 108 Å². The van der Waals surface area contributed by atoms with Gasteiger partial charge in [-0.3, -0.25) is 43.2 Å². The second kappa shape index (κ2) is 58.7. The number of oxime groups is 2. The van der Waals surface area contributed by atoms with Crippen molar-refractivity contribution in [1.82, 2.24) is 47.9 Å². The predicted molar refractivity (Wildman–Crippen MR) is 362 cm³/mol. The second-order valence-corrected chi connectivity index (χ2v) is 24.4. The van der Waals surface area contributed by atoms with Crippen LogP contribution in [0.4, 0.5) is 0 Å². The minimum atomic E-state index is -0.874. The van der Waals surface area contributed by atoms with Crippen LogP contribution in [-0.2, 0) is 85.8 Å². The Labute approximate surface area is 573 Å². The lowest BCUT2D eigenvalue weighted by Gasteiger charge is -2.32. The topological polar surface area (TPSA) is 462 Å². The average molecular weight is 1390 g/mol. The molecule has 9 amide bonds. The largest absolute Gasteiger partial charge is 0.411 e. The molecule has 0 radical (unpaired) electrons. The Morgan fingerprint density at radius 2 is 0.680 bits per heavy atom. The van der Waals surface area contributed by atoms with E-state index in [0.29, 0.717) is 135 Å². The average Bonchev–Trinajstić information content (AvgIpc) is 3.18. The Morgan fingerprint density at radius 3 is 1.02 bits per heavy atom. The van der Waals surface area contributed by atoms with E-state index in [9.17, 15) is 53.6 Å². The van der Waals surface area contributed by atoms with E-state index in [4.69, 9.17) is 54.1 Å². The summed E-state index contributed by atoms with van der Waals surface area (Å²) < 4.78 is 48.8. The van der Waals surface area contributed by atoms with E-state index in [1.807, 2.05) is 27.7 Å². The van der Waals surface area contributed by atoms with Crippen molar-refractivity contribution in [1.29, 1.82) is 0 Å². The molecule has 0 heterocycles. The summed E-state index contributed by atoms with van der Waals surface area (Å²) in [5.74, 6) is -3.35.